The first-order valence-electron chi connectivity index (χ1n) is 6.98. The van der Waals surface area contributed by atoms with Crippen molar-refractivity contribution in [2.45, 2.75) is 31.3 Å². The molecule has 2 aromatic carbocycles. The molecular weight excluding hydrogens is 253 g/mol. The Morgan fingerprint density at radius 2 is 1.80 bits per heavy atom. The summed E-state index contributed by atoms with van der Waals surface area (Å²) in [7, 11) is 0. The highest BCUT2D eigenvalue weighted by atomic mass is 19.1. The van der Waals surface area contributed by atoms with E-state index in [0.29, 0.717) is 17.2 Å². The Hall–Kier alpha value is -1.87. The maximum Gasteiger partial charge on any atom is 0.123 e. The van der Waals surface area contributed by atoms with Crippen molar-refractivity contribution >= 4 is 5.69 Å². The van der Waals surface area contributed by atoms with E-state index in [4.69, 9.17) is 5.73 Å². The minimum Gasteiger partial charge on any atom is -0.398 e. The van der Waals surface area contributed by atoms with Crippen LogP contribution in [0.2, 0.25) is 0 Å². The molecule has 2 nitrogen and oxygen atoms in total. The largest absolute Gasteiger partial charge is 0.398 e. The molecule has 3 N–H and O–H groups in total. The number of benzene rings is 2. The Bertz CT molecular complexity index is 605. The molecule has 1 unspecified atom stereocenters. The van der Waals surface area contributed by atoms with E-state index < -0.39 is 6.10 Å². The lowest BCUT2D eigenvalue weighted by atomic mass is 9.80. The van der Waals surface area contributed by atoms with Crippen molar-refractivity contribution in [1.29, 1.82) is 0 Å². The van der Waals surface area contributed by atoms with E-state index in [-0.39, 0.29) is 5.82 Å². The number of hydrogen-bond acceptors (Lipinski definition) is 2. The summed E-state index contributed by atoms with van der Waals surface area (Å²) in [4.78, 5) is 0. The molecule has 104 valence electrons. The number of rotatable bonds is 3. The molecular formula is C17H18FNO. The molecule has 0 amide bonds. The second kappa shape index (κ2) is 5.25. The molecule has 1 atom stereocenters. The van der Waals surface area contributed by atoms with Gasteiger partial charge in [-0.1, -0.05) is 30.7 Å². The zero-order valence-corrected chi connectivity index (χ0v) is 11.2. The monoisotopic (exact) mass is 271 g/mol. The van der Waals surface area contributed by atoms with Gasteiger partial charge >= 0.3 is 0 Å². The zero-order chi connectivity index (χ0) is 14.1. The van der Waals surface area contributed by atoms with E-state index in [9.17, 15) is 9.50 Å². The van der Waals surface area contributed by atoms with Gasteiger partial charge in [-0.05, 0) is 48.1 Å². The molecule has 0 radical (unpaired) electrons. The third-order valence-corrected chi connectivity index (χ3v) is 4.17. The van der Waals surface area contributed by atoms with Crippen LogP contribution in [0.4, 0.5) is 10.1 Å². The Kier molecular flexibility index (Phi) is 3.45. The molecule has 3 rings (SSSR count). The predicted molar refractivity (Wildman–Crippen MR) is 77.9 cm³/mol. The van der Waals surface area contributed by atoms with Gasteiger partial charge < -0.3 is 10.8 Å². The summed E-state index contributed by atoms with van der Waals surface area (Å²) >= 11 is 0. The van der Waals surface area contributed by atoms with Crippen molar-refractivity contribution in [1.82, 2.24) is 0 Å². The molecule has 2 aromatic rings. The molecule has 1 saturated carbocycles. The highest BCUT2D eigenvalue weighted by Gasteiger charge is 2.20. The molecule has 1 fully saturated rings. The molecule has 3 heteroatoms. The van der Waals surface area contributed by atoms with E-state index in [1.54, 1.807) is 0 Å². The van der Waals surface area contributed by atoms with Gasteiger partial charge in [0, 0.05) is 11.3 Å². The van der Waals surface area contributed by atoms with Crippen LogP contribution in [0.15, 0.2) is 42.5 Å². The Morgan fingerprint density at radius 1 is 1.10 bits per heavy atom. The van der Waals surface area contributed by atoms with E-state index in [0.717, 1.165) is 5.56 Å². The first kappa shape index (κ1) is 13.1. The minimum atomic E-state index is -0.888. The Labute approximate surface area is 118 Å². The number of nitrogen functional groups attached to an aromatic ring is 1. The fourth-order valence-corrected chi connectivity index (χ4v) is 2.65. The van der Waals surface area contributed by atoms with Gasteiger partial charge in [0.25, 0.3) is 0 Å². The van der Waals surface area contributed by atoms with Gasteiger partial charge in [-0.3, -0.25) is 0 Å². The van der Waals surface area contributed by atoms with Gasteiger partial charge in [0.05, 0.1) is 0 Å². The topological polar surface area (TPSA) is 46.2 Å². The summed E-state index contributed by atoms with van der Waals surface area (Å²) in [5.41, 5.74) is 8.69. The normalized spacial score (nSPS) is 16.7. The lowest BCUT2D eigenvalue weighted by molar-refractivity contribution is 0.220. The maximum atomic E-state index is 13.3. The first-order chi connectivity index (χ1) is 9.65. The summed E-state index contributed by atoms with van der Waals surface area (Å²) in [6.07, 6.45) is 2.91. The van der Waals surface area contributed by atoms with Crippen LogP contribution in [0, 0.1) is 5.82 Å². The van der Waals surface area contributed by atoms with Crippen molar-refractivity contribution in [2.75, 3.05) is 5.73 Å². The summed E-state index contributed by atoms with van der Waals surface area (Å²) in [5, 5.41) is 10.4. The summed E-state index contributed by atoms with van der Waals surface area (Å²) in [6.45, 7) is 0. The first-order valence-corrected chi connectivity index (χ1v) is 6.98. The van der Waals surface area contributed by atoms with Crippen LogP contribution in [-0.2, 0) is 0 Å². The maximum absolute atomic E-state index is 13.3. The lowest BCUT2D eigenvalue weighted by Gasteiger charge is -2.26. The second-order valence-electron chi connectivity index (χ2n) is 5.47. The highest BCUT2D eigenvalue weighted by molar-refractivity contribution is 5.50. The average Bonchev–Trinajstić information content (AvgIpc) is 2.40. The molecule has 1 aliphatic carbocycles. The van der Waals surface area contributed by atoms with E-state index in [1.165, 1.54) is 43.0 Å². The zero-order valence-electron chi connectivity index (χ0n) is 11.2. The molecule has 20 heavy (non-hydrogen) atoms. The second-order valence-corrected chi connectivity index (χ2v) is 5.47. The lowest BCUT2D eigenvalue weighted by Crippen LogP contribution is -2.09. The van der Waals surface area contributed by atoms with Gasteiger partial charge in [0.2, 0.25) is 0 Å². The van der Waals surface area contributed by atoms with Crippen LogP contribution in [0.1, 0.15) is 48.0 Å². The van der Waals surface area contributed by atoms with Crippen molar-refractivity contribution in [3.63, 3.8) is 0 Å². The smallest absolute Gasteiger partial charge is 0.123 e. The molecule has 1 aliphatic rings. The Morgan fingerprint density at radius 3 is 2.40 bits per heavy atom. The highest BCUT2D eigenvalue weighted by Crippen LogP contribution is 2.37. The van der Waals surface area contributed by atoms with Crippen molar-refractivity contribution in [2.24, 2.45) is 0 Å². The molecule has 0 bridgehead atoms. The molecule has 0 saturated heterocycles. The third-order valence-electron chi connectivity index (χ3n) is 4.17. The SMILES string of the molecule is Nc1ccc(F)cc1C(O)c1ccc(C2CCC2)cc1. The van der Waals surface area contributed by atoms with Gasteiger partial charge in [-0.15, -0.1) is 0 Å². The average molecular weight is 271 g/mol. The van der Waals surface area contributed by atoms with Gasteiger partial charge in [0.15, 0.2) is 0 Å². The van der Waals surface area contributed by atoms with Gasteiger partial charge in [-0.2, -0.15) is 0 Å². The number of hydrogen-bond donors (Lipinski definition) is 2. The number of anilines is 1. The van der Waals surface area contributed by atoms with Crippen LogP contribution < -0.4 is 5.73 Å². The van der Waals surface area contributed by atoms with Crippen LogP contribution in [-0.4, -0.2) is 5.11 Å². The molecule has 0 aromatic heterocycles. The van der Waals surface area contributed by atoms with Crippen LogP contribution in [0.3, 0.4) is 0 Å². The van der Waals surface area contributed by atoms with Crippen molar-refractivity contribution in [3.8, 4) is 0 Å². The fourth-order valence-electron chi connectivity index (χ4n) is 2.65. The summed E-state index contributed by atoms with van der Waals surface area (Å²) in [5.74, 6) is 0.278. The number of nitrogens with two attached hydrogens (primary N) is 1. The third kappa shape index (κ3) is 2.41. The standard InChI is InChI=1S/C17H18FNO/c18-14-8-9-16(19)15(10-14)17(20)13-6-4-12(5-7-13)11-2-1-3-11/h4-11,17,20H,1-3,19H2. The number of aliphatic hydroxyl groups excluding tert-OH is 1. The summed E-state index contributed by atoms with van der Waals surface area (Å²) in [6, 6.07) is 12.0. The fraction of sp³-hybridized carbons (Fsp3) is 0.294. The predicted octanol–water partition coefficient (Wildman–Crippen LogP) is 3.76. The molecule has 0 heterocycles. The Balaban J connectivity index is 1.85. The minimum absolute atomic E-state index is 0.390. The van der Waals surface area contributed by atoms with Crippen molar-refractivity contribution in [3.05, 3.63) is 65.0 Å². The summed E-state index contributed by atoms with van der Waals surface area (Å²) < 4.78 is 13.3. The molecule has 0 aliphatic heterocycles. The number of halogens is 1. The van der Waals surface area contributed by atoms with Crippen LogP contribution in [0.25, 0.3) is 0 Å². The molecule has 0 spiro atoms. The van der Waals surface area contributed by atoms with E-state index >= 15 is 0 Å². The van der Waals surface area contributed by atoms with E-state index in [1.807, 2.05) is 12.1 Å². The number of aliphatic hydroxyl groups is 1. The van der Waals surface area contributed by atoms with Crippen molar-refractivity contribution < 1.29 is 9.50 Å². The van der Waals surface area contributed by atoms with Gasteiger partial charge in [0.1, 0.15) is 11.9 Å². The van der Waals surface area contributed by atoms with Crippen LogP contribution in [0.5, 0.6) is 0 Å². The van der Waals surface area contributed by atoms with Crippen LogP contribution >= 0.6 is 0 Å². The quantitative estimate of drug-likeness (QED) is 0.835. The van der Waals surface area contributed by atoms with Gasteiger partial charge in [-0.25, -0.2) is 4.39 Å². The van der Waals surface area contributed by atoms with E-state index in [2.05, 4.69) is 12.1 Å².